The van der Waals surface area contributed by atoms with Crippen LogP contribution < -0.4 is 10.6 Å². The van der Waals surface area contributed by atoms with Crippen LogP contribution in [-0.2, 0) is 11.2 Å². The molecule has 3 heterocycles. The Labute approximate surface area is 271 Å². The molecule has 1 aliphatic heterocycles. The topological polar surface area (TPSA) is 159 Å². The molecule has 5 aromatic rings. The molecule has 1 aliphatic rings. The number of carboxylic acids is 1. The molecular formula is C33H25ClFN7O5. The molecule has 0 saturated carbocycles. The molecule has 14 heteroatoms. The van der Waals surface area contributed by atoms with Crippen LogP contribution in [0.3, 0.4) is 0 Å². The number of aromatic carboxylic acids is 1. The molecule has 0 aliphatic carbocycles. The van der Waals surface area contributed by atoms with E-state index in [1.807, 2.05) is 6.07 Å². The number of hydrogen-bond acceptors (Lipinski definition) is 7. The largest absolute Gasteiger partial charge is 0.478 e. The smallest absolute Gasteiger partial charge is 0.335 e. The van der Waals surface area contributed by atoms with E-state index in [1.165, 1.54) is 60.6 Å². The SMILES string of the molecule is CNC(=O)c1ccc(-c2cccc3c2CCN(C(=O)c2cn(-c4cccc(Cl)c4F)nn2)C3C(=O)Nc2ccc(C(=O)O)cc2)cn1. The van der Waals surface area contributed by atoms with Gasteiger partial charge in [0, 0.05) is 31.0 Å². The third-order valence-electron chi connectivity index (χ3n) is 7.75. The summed E-state index contributed by atoms with van der Waals surface area (Å²) < 4.78 is 15.8. The number of pyridine rings is 1. The Morgan fingerprint density at radius 2 is 1.74 bits per heavy atom. The number of carboxylic acid groups (broad SMARTS) is 1. The number of anilines is 1. The summed E-state index contributed by atoms with van der Waals surface area (Å²) in [4.78, 5) is 57.0. The maximum atomic E-state index is 14.7. The van der Waals surface area contributed by atoms with Gasteiger partial charge >= 0.3 is 5.97 Å². The average molecular weight is 654 g/mol. The molecule has 0 fully saturated rings. The third kappa shape index (κ3) is 6.03. The Morgan fingerprint density at radius 3 is 2.45 bits per heavy atom. The fraction of sp³-hybridized carbons (Fsp3) is 0.121. The van der Waals surface area contributed by atoms with Crippen molar-refractivity contribution in [2.45, 2.75) is 12.5 Å². The van der Waals surface area contributed by atoms with Crippen molar-refractivity contribution in [1.82, 2.24) is 30.2 Å². The molecule has 47 heavy (non-hydrogen) atoms. The lowest BCUT2D eigenvalue weighted by Crippen LogP contribution is -2.45. The number of aromatic nitrogens is 4. The summed E-state index contributed by atoms with van der Waals surface area (Å²) in [7, 11) is 1.51. The number of fused-ring (bicyclic) bond motifs is 1. The van der Waals surface area contributed by atoms with E-state index in [0.29, 0.717) is 23.2 Å². The Morgan fingerprint density at radius 1 is 0.979 bits per heavy atom. The van der Waals surface area contributed by atoms with Gasteiger partial charge in [-0.15, -0.1) is 5.10 Å². The van der Waals surface area contributed by atoms with Crippen molar-refractivity contribution >= 4 is 41.0 Å². The van der Waals surface area contributed by atoms with Gasteiger partial charge in [-0.25, -0.2) is 13.9 Å². The number of carbonyl (C=O) groups is 4. The summed E-state index contributed by atoms with van der Waals surface area (Å²) in [5, 5.41) is 22.4. The van der Waals surface area contributed by atoms with Crippen molar-refractivity contribution in [1.29, 1.82) is 0 Å². The summed E-state index contributed by atoms with van der Waals surface area (Å²) in [5.74, 6) is -3.35. The fourth-order valence-corrected chi connectivity index (χ4v) is 5.63. The van der Waals surface area contributed by atoms with Crippen LogP contribution in [-0.4, -0.2) is 67.3 Å². The lowest BCUT2D eigenvalue weighted by atomic mass is 9.86. The van der Waals surface area contributed by atoms with Gasteiger partial charge in [-0.3, -0.25) is 19.4 Å². The fourth-order valence-electron chi connectivity index (χ4n) is 5.46. The van der Waals surface area contributed by atoms with Gasteiger partial charge in [-0.2, -0.15) is 0 Å². The van der Waals surface area contributed by atoms with Crippen LogP contribution in [0.1, 0.15) is 48.5 Å². The van der Waals surface area contributed by atoms with Crippen LogP contribution >= 0.6 is 11.6 Å². The average Bonchev–Trinajstić information content (AvgIpc) is 3.58. The minimum absolute atomic E-state index is 0.00664. The predicted octanol–water partition coefficient (Wildman–Crippen LogP) is 4.56. The summed E-state index contributed by atoms with van der Waals surface area (Å²) in [6, 6.07) is 17.6. The maximum absolute atomic E-state index is 14.7. The van der Waals surface area contributed by atoms with Gasteiger partial charge in [0.05, 0.1) is 16.8 Å². The van der Waals surface area contributed by atoms with Crippen molar-refractivity contribution in [2.75, 3.05) is 18.9 Å². The molecular weight excluding hydrogens is 629 g/mol. The lowest BCUT2D eigenvalue weighted by molar-refractivity contribution is -0.121. The predicted molar refractivity (Wildman–Crippen MR) is 169 cm³/mol. The molecule has 1 atom stereocenters. The zero-order valence-electron chi connectivity index (χ0n) is 24.6. The van der Waals surface area contributed by atoms with Gasteiger partial charge in [0.2, 0.25) is 0 Å². The highest BCUT2D eigenvalue weighted by atomic mass is 35.5. The molecule has 0 bridgehead atoms. The van der Waals surface area contributed by atoms with Gasteiger partial charge in [-0.1, -0.05) is 47.1 Å². The van der Waals surface area contributed by atoms with E-state index in [9.17, 15) is 28.7 Å². The number of nitrogens with one attached hydrogen (secondary N) is 2. The first-order valence-corrected chi connectivity index (χ1v) is 14.7. The molecule has 2 aromatic heterocycles. The summed E-state index contributed by atoms with van der Waals surface area (Å²) in [6.45, 7) is 0.112. The number of rotatable bonds is 7. The number of nitrogens with zero attached hydrogens (tertiary/aromatic N) is 5. The summed E-state index contributed by atoms with van der Waals surface area (Å²) >= 11 is 5.93. The first-order valence-electron chi connectivity index (χ1n) is 14.3. The highest BCUT2D eigenvalue weighted by molar-refractivity contribution is 6.30. The molecule has 0 saturated heterocycles. The molecule has 12 nitrogen and oxygen atoms in total. The highest BCUT2D eigenvalue weighted by Gasteiger charge is 2.38. The molecule has 0 radical (unpaired) electrons. The van der Waals surface area contributed by atoms with E-state index in [4.69, 9.17) is 11.6 Å². The molecule has 236 valence electrons. The van der Waals surface area contributed by atoms with Crippen LogP contribution in [0.25, 0.3) is 16.8 Å². The lowest BCUT2D eigenvalue weighted by Gasteiger charge is -2.37. The summed E-state index contributed by atoms with van der Waals surface area (Å²) in [5.41, 5.74) is 3.32. The van der Waals surface area contributed by atoms with Gasteiger partial charge < -0.3 is 20.6 Å². The van der Waals surface area contributed by atoms with E-state index >= 15 is 0 Å². The molecule has 3 amide bonds. The van der Waals surface area contributed by atoms with Crippen molar-refractivity contribution in [2.24, 2.45) is 0 Å². The first kappa shape index (κ1) is 31.0. The number of carbonyl (C=O) groups excluding carboxylic acids is 3. The quantitative estimate of drug-likeness (QED) is 0.231. The van der Waals surface area contributed by atoms with Crippen LogP contribution in [0.2, 0.25) is 5.02 Å². The molecule has 6 rings (SSSR count). The Hall–Kier alpha value is -5.95. The van der Waals surface area contributed by atoms with E-state index in [2.05, 4.69) is 25.9 Å². The van der Waals surface area contributed by atoms with E-state index < -0.39 is 29.6 Å². The Bertz CT molecular complexity index is 2030. The Kier molecular flexibility index (Phi) is 8.46. The van der Waals surface area contributed by atoms with Crippen molar-refractivity contribution < 1.29 is 28.7 Å². The minimum atomic E-state index is -1.14. The second-order valence-electron chi connectivity index (χ2n) is 10.5. The monoisotopic (exact) mass is 653 g/mol. The van der Waals surface area contributed by atoms with Crippen LogP contribution in [0, 0.1) is 5.82 Å². The van der Waals surface area contributed by atoms with Gasteiger partial charge in [0.15, 0.2) is 11.5 Å². The zero-order valence-corrected chi connectivity index (χ0v) is 25.4. The van der Waals surface area contributed by atoms with Gasteiger partial charge in [-0.05, 0) is 65.6 Å². The van der Waals surface area contributed by atoms with E-state index in [-0.39, 0.29) is 40.1 Å². The number of benzene rings is 3. The van der Waals surface area contributed by atoms with Crippen LogP contribution in [0.5, 0.6) is 0 Å². The van der Waals surface area contributed by atoms with Crippen LogP contribution in [0.4, 0.5) is 10.1 Å². The third-order valence-corrected chi connectivity index (χ3v) is 8.05. The number of hydrogen-bond donors (Lipinski definition) is 3. The standard InChI is InChI=1S/C33H25ClFN7O5/c1-36-30(43)25-13-10-19(16-37-25)21-4-2-5-23-22(21)14-15-41(29(23)31(44)38-20-11-8-18(9-12-20)33(46)47)32(45)26-17-42(40-39-26)27-7-3-6-24(34)28(27)35/h2-13,16-17,29H,14-15H2,1H3,(H,36,43)(H,38,44)(H,46,47). The second kappa shape index (κ2) is 12.8. The normalized spacial score (nSPS) is 13.9. The maximum Gasteiger partial charge on any atom is 0.335 e. The molecule has 1 unspecified atom stereocenters. The second-order valence-corrected chi connectivity index (χ2v) is 10.9. The Balaban J connectivity index is 1.38. The number of amides is 3. The minimum Gasteiger partial charge on any atom is -0.478 e. The zero-order chi connectivity index (χ0) is 33.2. The molecule has 0 spiro atoms. The van der Waals surface area contributed by atoms with Gasteiger partial charge in [0.25, 0.3) is 17.7 Å². The van der Waals surface area contributed by atoms with Crippen molar-refractivity contribution in [3.8, 4) is 16.8 Å². The summed E-state index contributed by atoms with van der Waals surface area (Å²) in [6.07, 6.45) is 3.20. The molecule has 3 aromatic carbocycles. The molecule has 3 N–H and O–H groups in total. The van der Waals surface area contributed by atoms with E-state index in [1.54, 1.807) is 30.5 Å². The van der Waals surface area contributed by atoms with Crippen molar-refractivity contribution in [3.63, 3.8) is 0 Å². The number of halogens is 2. The van der Waals surface area contributed by atoms with Crippen LogP contribution in [0.15, 0.2) is 85.2 Å². The van der Waals surface area contributed by atoms with E-state index in [0.717, 1.165) is 15.8 Å². The van der Waals surface area contributed by atoms with Crippen molar-refractivity contribution in [3.05, 3.63) is 124 Å². The highest BCUT2D eigenvalue weighted by Crippen LogP contribution is 2.37. The van der Waals surface area contributed by atoms with Gasteiger partial charge in [0.1, 0.15) is 17.4 Å². The first-order chi connectivity index (χ1) is 22.7.